The summed E-state index contributed by atoms with van der Waals surface area (Å²) in [4.78, 5) is 0. The van der Waals surface area contributed by atoms with Crippen LogP contribution in [0.1, 0.15) is 19.3 Å². The molecule has 0 spiro atoms. The van der Waals surface area contributed by atoms with Gasteiger partial charge in [-0.1, -0.05) is 0 Å². The number of rotatable bonds is 0. The summed E-state index contributed by atoms with van der Waals surface area (Å²) in [6, 6.07) is 0. The molecule has 0 aromatic rings. The molecular weight excluding hydrogens is 104 g/mol. The predicted molar refractivity (Wildman–Crippen MR) is 30.9 cm³/mol. The summed E-state index contributed by atoms with van der Waals surface area (Å²) in [6.07, 6.45) is 2.97. The van der Waals surface area contributed by atoms with Crippen LogP contribution in [0.4, 0.5) is 0 Å². The quantitative estimate of drug-likeness (QED) is 0.429. The number of ether oxygens (including phenoxy) is 1. The van der Waals surface area contributed by atoms with Gasteiger partial charge in [-0.3, -0.25) is 11.5 Å². The monoisotopic (exact) mass is 116 g/mol. The lowest BCUT2D eigenvalue weighted by molar-refractivity contribution is -0.0694. The van der Waals surface area contributed by atoms with Crippen molar-refractivity contribution in [3.05, 3.63) is 0 Å². The molecule has 0 saturated carbocycles. The fraction of sp³-hybridized carbons (Fsp3) is 1.00. The first-order valence-corrected chi connectivity index (χ1v) is 2.92. The highest BCUT2D eigenvalue weighted by molar-refractivity contribution is 4.68. The van der Waals surface area contributed by atoms with Crippen molar-refractivity contribution in [1.29, 1.82) is 0 Å². The van der Waals surface area contributed by atoms with E-state index in [2.05, 4.69) is 0 Å². The molecule has 1 fully saturated rings. The molecule has 0 aliphatic carbocycles. The van der Waals surface area contributed by atoms with E-state index in [4.69, 9.17) is 16.2 Å². The van der Waals surface area contributed by atoms with Gasteiger partial charge in [0.15, 0.2) is 5.85 Å². The molecule has 1 heterocycles. The van der Waals surface area contributed by atoms with E-state index in [1.165, 1.54) is 0 Å². The van der Waals surface area contributed by atoms with Gasteiger partial charge < -0.3 is 4.74 Å². The van der Waals surface area contributed by atoms with E-state index in [9.17, 15) is 0 Å². The standard InChI is InChI=1S/C5H12N2O/c6-5(7)3-1-2-4-8-5/h1-4,6-7H2. The third-order valence-corrected chi connectivity index (χ3v) is 1.33. The van der Waals surface area contributed by atoms with Crippen LogP contribution < -0.4 is 11.5 Å². The van der Waals surface area contributed by atoms with Gasteiger partial charge in [-0.2, -0.15) is 0 Å². The van der Waals surface area contributed by atoms with Crippen LogP contribution >= 0.6 is 0 Å². The Morgan fingerprint density at radius 3 is 2.25 bits per heavy atom. The Hall–Kier alpha value is -0.120. The van der Waals surface area contributed by atoms with Gasteiger partial charge in [0.1, 0.15) is 0 Å². The van der Waals surface area contributed by atoms with Crippen molar-refractivity contribution in [2.75, 3.05) is 6.61 Å². The number of hydrogen-bond acceptors (Lipinski definition) is 3. The molecular formula is C5H12N2O. The second-order valence-electron chi connectivity index (χ2n) is 2.26. The first-order valence-electron chi connectivity index (χ1n) is 2.92. The van der Waals surface area contributed by atoms with Gasteiger partial charge in [0, 0.05) is 6.42 Å². The minimum absolute atomic E-state index is 0.715. The summed E-state index contributed by atoms with van der Waals surface area (Å²) in [6.45, 7) is 0.715. The highest BCUT2D eigenvalue weighted by Gasteiger charge is 2.22. The van der Waals surface area contributed by atoms with E-state index in [0.29, 0.717) is 6.61 Å². The zero-order chi connectivity index (χ0) is 6.04. The fourth-order valence-corrected chi connectivity index (χ4v) is 0.838. The van der Waals surface area contributed by atoms with Crippen molar-refractivity contribution in [1.82, 2.24) is 0 Å². The zero-order valence-electron chi connectivity index (χ0n) is 4.89. The summed E-state index contributed by atoms with van der Waals surface area (Å²) in [5.41, 5.74) is 10.9. The number of nitrogens with two attached hydrogens (primary N) is 2. The normalized spacial score (nSPS) is 27.8. The molecule has 0 amide bonds. The van der Waals surface area contributed by atoms with Gasteiger partial charge in [-0.15, -0.1) is 0 Å². The molecule has 4 N–H and O–H groups in total. The molecule has 1 aliphatic rings. The molecule has 0 bridgehead atoms. The molecule has 48 valence electrons. The molecule has 0 atom stereocenters. The topological polar surface area (TPSA) is 61.3 Å². The molecule has 0 aromatic heterocycles. The third-order valence-electron chi connectivity index (χ3n) is 1.33. The van der Waals surface area contributed by atoms with Crippen molar-refractivity contribution in [2.24, 2.45) is 11.5 Å². The summed E-state index contributed by atoms with van der Waals surface area (Å²) < 4.78 is 5.02. The van der Waals surface area contributed by atoms with E-state index in [1.807, 2.05) is 0 Å². The predicted octanol–water partition coefficient (Wildman–Crippen LogP) is -0.242. The second-order valence-corrected chi connectivity index (χ2v) is 2.26. The van der Waals surface area contributed by atoms with Gasteiger partial charge in [-0.25, -0.2) is 0 Å². The van der Waals surface area contributed by atoms with Crippen molar-refractivity contribution < 1.29 is 4.74 Å². The Kier molecular flexibility index (Phi) is 1.51. The van der Waals surface area contributed by atoms with Crippen LogP contribution in [0.2, 0.25) is 0 Å². The molecule has 1 saturated heterocycles. The maximum Gasteiger partial charge on any atom is 0.169 e. The minimum Gasteiger partial charge on any atom is -0.348 e. The van der Waals surface area contributed by atoms with Crippen molar-refractivity contribution in [3.63, 3.8) is 0 Å². The first-order chi connectivity index (χ1) is 3.71. The van der Waals surface area contributed by atoms with Crippen molar-refractivity contribution in [2.45, 2.75) is 25.1 Å². The van der Waals surface area contributed by atoms with Crippen LogP contribution in [-0.4, -0.2) is 12.5 Å². The highest BCUT2D eigenvalue weighted by Crippen LogP contribution is 2.13. The number of hydrogen-bond donors (Lipinski definition) is 2. The molecule has 8 heavy (non-hydrogen) atoms. The van der Waals surface area contributed by atoms with Gasteiger partial charge in [0.05, 0.1) is 6.61 Å². The summed E-state index contributed by atoms with van der Waals surface area (Å²) >= 11 is 0. The summed E-state index contributed by atoms with van der Waals surface area (Å²) in [7, 11) is 0. The largest absolute Gasteiger partial charge is 0.348 e. The maximum atomic E-state index is 5.43. The maximum absolute atomic E-state index is 5.43. The zero-order valence-corrected chi connectivity index (χ0v) is 4.89. The molecule has 1 aliphatic heterocycles. The van der Waals surface area contributed by atoms with E-state index in [1.54, 1.807) is 0 Å². The van der Waals surface area contributed by atoms with E-state index >= 15 is 0 Å². The fourth-order valence-electron chi connectivity index (χ4n) is 0.838. The van der Waals surface area contributed by atoms with Crippen LogP contribution in [0.3, 0.4) is 0 Å². The smallest absolute Gasteiger partial charge is 0.169 e. The third kappa shape index (κ3) is 1.43. The van der Waals surface area contributed by atoms with E-state index < -0.39 is 5.85 Å². The Morgan fingerprint density at radius 1 is 1.25 bits per heavy atom. The Morgan fingerprint density at radius 2 is 2.00 bits per heavy atom. The van der Waals surface area contributed by atoms with Crippen LogP contribution in [0.15, 0.2) is 0 Å². The van der Waals surface area contributed by atoms with Crippen LogP contribution in [0.25, 0.3) is 0 Å². The summed E-state index contributed by atoms with van der Waals surface area (Å²) in [5.74, 6) is -0.821. The van der Waals surface area contributed by atoms with Gasteiger partial charge >= 0.3 is 0 Å². The van der Waals surface area contributed by atoms with Crippen LogP contribution in [0.5, 0.6) is 0 Å². The van der Waals surface area contributed by atoms with Crippen molar-refractivity contribution >= 4 is 0 Å². The lowest BCUT2D eigenvalue weighted by Crippen LogP contribution is -2.53. The lowest BCUT2D eigenvalue weighted by Gasteiger charge is -2.28. The molecule has 1 rings (SSSR count). The Labute approximate surface area is 49.0 Å². The van der Waals surface area contributed by atoms with Gasteiger partial charge in [-0.05, 0) is 12.8 Å². The average molecular weight is 116 g/mol. The molecule has 3 nitrogen and oxygen atoms in total. The molecule has 0 unspecified atom stereocenters. The van der Waals surface area contributed by atoms with Crippen LogP contribution in [0, 0.1) is 0 Å². The minimum atomic E-state index is -0.821. The SMILES string of the molecule is NC1(N)CCCCO1. The summed E-state index contributed by atoms with van der Waals surface area (Å²) in [5, 5.41) is 0. The molecule has 3 heteroatoms. The van der Waals surface area contributed by atoms with Crippen LogP contribution in [-0.2, 0) is 4.74 Å². The Balaban J connectivity index is 2.33. The lowest BCUT2D eigenvalue weighted by atomic mass is 10.1. The van der Waals surface area contributed by atoms with Gasteiger partial charge in [0.2, 0.25) is 0 Å². The van der Waals surface area contributed by atoms with E-state index in [-0.39, 0.29) is 0 Å². The van der Waals surface area contributed by atoms with E-state index in [0.717, 1.165) is 19.3 Å². The average Bonchev–Trinajstić information content (AvgIpc) is 1.65. The first kappa shape index (κ1) is 6.01. The molecule has 0 radical (unpaired) electrons. The second kappa shape index (κ2) is 2.01. The van der Waals surface area contributed by atoms with Gasteiger partial charge in [0.25, 0.3) is 0 Å². The highest BCUT2D eigenvalue weighted by atomic mass is 16.5. The molecule has 0 aromatic carbocycles. The van der Waals surface area contributed by atoms with Crippen molar-refractivity contribution in [3.8, 4) is 0 Å². The Bertz CT molecular complexity index is 74.5.